The monoisotopic (exact) mass is 206 g/mol. The Kier molecular flexibility index (Phi) is 2.39. The van der Waals surface area contributed by atoms with Crippen molar-refractivity contribution < 1.29 is 14.6 Å². The van der Waals surface area contributed by atoms with E-state index in [0.717, 1.165) is 11.3 Å². The Morgan fingerprint density at radius 2 is 2.20 bits per heavy atom. The van der Waals surface area contributed by atoms with Crippen molar-refractivity contribution in [1.82, 2.24) is 0 Å². The summed E-state index contributed by atoms with van der Waals surface area (Å²) in [4.78, 5) is 10.9. The Labute approximate surface area is 88.7 Å². The van der Waals surface area contributed by atoms with Crippen LogP contribution >= 0.6 is 0 Å². The lowest BCUT2D eigenvalue weighted by atomic mass is 10.3. The molecule has 0 bridgehead atoms. The van der Waals surface area contributed by atoms with Crippen molar-refractivity contribution >= 4 is 5.97 Å². The van der Waals surface area contributed by atoms with Crippen LogP contribution in [-0.4, -0.2) is 16.7 Å². The van der Waals surface area contributed by atoms with E-state index >= 15 is 0 Å². The van der Waals surface area contributed by atoms with Crippen molar-refractivity contribution in [2.24, 2.45) is 0 Å². The Hall–Kier alpha value is -1.51. The number of rotatable bonds is 3. The third-order valence-corrected chi connectivity index (χ3v) is 2.65. The van der Waals surface area contributed by atoms with E-state index in [9.17, 15) is 4.79 Å². The summed E-state index contributed by atoms with van der Waals surface area (Å²) in [6.45, 7) is 2.00. The molecule has 2 aliphatic carbocycles. The summed E-state index contributed by atoms with van der Waals surface area (Å²) >= 11 is 0. The molecule has 2 rings (SSSR count). The molecular weight excluding hydrogens is 192 g/mol. The van der Waals surface area contributed by atoms with Crippen molar-refractivity contribution in [3.8, 4) is 0 Å². The van der Waals surface area contributed by atoms with E-state index in [1.165, 1.54) is 0 Å². The standard InChI is InChI=1S/C12H14O3/c1-9-3-2-4-10(6-5-9)15-12(7-8-12)11(13)14/h2-3,5-6H,4,7-8H2,1H3,(H,13,14). The number of hydrogen-bond donors (Lipinski definition) is 1. The van der Waals surface area contributed by atoms with Gasteiger partial charge in [-0.1, -0.05) is 23.8 Å². The average molecular weight is 206 g/mol. The fourth-order valence-corrected chi connectivity index (χ4v) is 1.51. The Morgan fingerprint density at radius 3 is 2.80 bits per heavy atom. The fourth-order valence-electron chi connectivity index (χ4n) is 1.51. The van der Waals surface area contributed by atoms with Gasteiger partial charge in [0.15, 0.2) is 0 Å². The first-order chi connectivity index (χ1) is 7.12. The van der Waals surface area contributed by atoms with E-state index in [0.29, 0.717) is 19.3 Å². The molecule has 3 heteroatoms. The highest BCUT2D eigenvalue weighted by Crippen LogP contribution is 2.42. The summed E-state index contributed by atoms with van der Waals surface area (Å²) in [5.74, 6) is -0.111. The second kappa shape index (κ2) is 3.57. The largest absolute Gasteiger partial charge is 0.480 e. The normalized spacial score (nSPS) is 22.5. The topological polar surface area (TPSA) is 46.5 Å². The number of ether oxygens (including phenoxy) is 1. The van der Waals surface area contributed by atoms with E-state index < -0.39 is 11.6 Å². The highest BCUT2D eigenvalue weighted by molar-refractivity contribution is 5.81. The van der Waals surface area contributed by atoms with Crippen LogP contribution in [-0.2, 0) is 9.53 Å². The highest BCUT2D eigenvalue weighted by atomic mass is 16.5. The number of allylic oxidation sites excluding steroid dienone is 5. The van der Waals surface area contributed by atoms with Gasteiger partial charge in [0.2, 0.25) is 5.60 Å². The molecule has 15 heavy (non-hydrogen) atoms. The van der Waals surface area contributed by atoms with Gasteiger partial charge < -0.3 is 9.84 Å². The van der Waals surface area contributed by atoms with Crippen LogP contribution in [0.2, 0.25) is 0 Å². The fraction of sp³-hybridized carbons (Fsp3) is 0.417. The number of carbonyl (C=O) groups is 1. The Bertz CT molecular complexity index is 370. The van der Waals surface area contributed by atoms with E-state index in [-0.39, 0.29) is 0 Å². The van der Waals surface area contributed by atoms with Crippen LogP contribution in [0.5, 0.6) is 0 Å². The van der Waals surface area contributed by atoms with Crippen molar-refractivity contribution in [3.05, 3.63) is 35.6 Å². The molecule has 1 N–H and O–H groups in total. The molecule has 0 aromatic carbocycles. The lowest BCUT2D eigenvalue weighted by molar-refractivity contribution is -0.150. The highest BCUT2D eigenvalue weighted by Gasteiger charge is 2.53. The summed E-state index contributed by atoms with van der Waals surface area (Å²) in [5.41, 5.74) is 0.222. The van der Waals surface area contributed by atoms with Crippen molar-refractivity contribution in [2.75, 3.05) is 0 Å². The zero-order chi connectivity index (χ0) is 10.9. The van der Waals surface area contributed by atoms with Crippen molar-refractivity contribution in [1.29, 1.82) is 0 Å². The summed E-state index contributed by atoms with van der Waals surface area (Å²) < 4.78 is 5.55. The first-order valence-corrected chi connectivity index (χ1v) is 5.09. The third kappa shape index (κ3) is 2.12. The van der Waals surface area contributed by atoms with Crippen LogP contribution in [0.4, 0.5) is 0 Å². The summed E-state index contributed by atoms with van der Waals surface area (Å²) in [7, 11) is 0. The van der Waals surface area contributed by atoms with Gasteiger partial charge in [0.1, 0.15) is 5.76 Å². The van der Waals surface area contributed by atoms with Crippen LogP contribution in [0.1, 0.15) is 26.2 Å². The van der Waals surface area contributed by atoms with Gasteiger partial charge in [-0.25, -0.2) is 4.79 Å². The first-order valence-electron chi connectivity index (χ1n) is 5.09. The van der Waals surface area contributed by atoms with Crippen LogP contribution < -0.4 is 0 Å². The molecule has 2 aliphatic rings. The molecule has 0 atom stereocenters. The van der Waals surface area contributed by atoms with Crippen molar-refractivity contribution in [3.63, 3.8) is 0 Å². The number of carboxylic acid groups (broad SMARTS) is 1. The Balaban J connectivity index is 2.07. The molecule has 3 nitrogen and oxygen atoms in total. The van der Waals surface area contributed by atoms with Crippen LogP contribution in [0, 0.1) is 0 Å². The molecule has 80 valence electrons. The first kappa shape index (κ1) is 10.0. The molecule has 0 heterocycles. The van der Waals surface area contributed by atoms with Gasteiger partial charge in [0.25, 0.3) is 0 Å². The molecule has 1 fully saturated rings. The minimum absolute atomic E-state index is 0.617. The maximum atomic E-state index is 10.9. The second-order valence-electron chi connectivity index (χ2n) is 4.05. The molecule has 0 aromatic heterocycles. The predicted molar refractivity (Wildman–Crippen MR) is 56.3 cm³/mol. The SMILES string of the molecule is CC1=CC=C(OC2(C(=O)O)CC2)CC=C1. The van der Waals surface area contributed by atoms with Crippen LogP contribution in [0.25, 0.3) is 0 Å². The second-order valence-corrected chi connectivity index (χ2v) is 4.05. The number of carboxylic acids is 1. The minimum atomic E-state index is -0.925. The van der Waals surface area contributed by atoms with E-state index in [1.807, 2.05) is 31.2 Å². The smallest absolute Gasteiger partial charge is 0.348 e. The molecule has 0 unspecified atom stereocenters. The van der Waals surface area contributed by atoms with Gasteiger partial charge in [0.05, 0.1) is 0 Å². The summed E-state index contributed by atoms with van der Waals surface area (Å²) in [6.07, 6.45) is 9.70. The Morgan fingerprint density at radius 1 is 1.47 bits per heavy atom. The zero-order valence-electron chi connectivity index (χ0n) is 8.69. The molecule has 1 saturated carbocycles. The summed E-state index contributed by atoms with van der Waals surface area (Å²) in [6, 6.07) is 0. The lowest BCUT2D eigenvalue weighted by Crippen LogP contribution is -2.25. The van der Waals surface area contributed by atoms with E-state index in [1.54, 1.807) is 0 Å². The lowest BCUT2D eigenvalue weighted by Gasteiger charge is -2.14. The molecule has 0 spiro atoms. The van der Waals surface area contributed by atoms with Gasteiger partial charge in [0, 0.05) is 19.3 Å². The van der Waals surface area contributed by atoms with Gasteiger partial charge in [-0.2, -0.15) is 0 Å². The molecule has 0 amide bonds. The van der Waals surface area contributed by atoms with Gasteiger partial charge in [-0.05, 0) is 13.0 Å². The van der Waals surface area contributed by atoms with Gasteiger partial charge >= 0.3 is 5.97 Å². The quantitative estimate of drug-likeness (QED) is 0.771. The van der Waals surface area contributed by atoms with E-state index in [4.69, 9.17) is 9.84 Å². The summed E-state index contributed by atoms with van der Waals surface area (Å²) in [5, 5.41) is 8.97. The predicted octanol–water partition coefficient (Wildman–Crippen LogP) is 2.41. The number of aliphatic carboxylic acids is 1. The molecule has 0 radical (unpaired) electrons. The maximum absolute atomic E-state index is 10.9. The van der Waals surface area contributed by atoms with Crippen LogP contribution in [0.3, 0.4) is 0 Å². The third-order valence-electron chi connectivity index (χ3n) is 2.65. The zero-order valence-corrected chi connectivity index (χ0v) is 8.69. The average Bonchev–Trinajstić information content (AvgIpc) is 2.95. The molecule has 0 aromatic rings. The van der Waals surface area contributed by atoms with Crippen LogP contribution in [0.15, 0.2) is 35.6 Å². The van der Waals surface area contributed by atoms with Gasteiger partial charge in [-0.3, -0.25) is 0 Å². The minimum Gasteiger partial charge on any atom is -0.480 e. The van der Waals surface area contributed by atoms with E-state index in [2.05, 4.69) is 0 Å². The maximum Gasteiger partial charge on any atom is 0.348 e. The molecule has 0 saturated heterocycles. The number of hydrogen-bond acceptors (Lipinski definition) is 2. The van der Waals surface area contributed by atoms with Crippen molar-refractivity contribution in [2.45, 2.75) is 31.8 Å². The molecule has 0 aliphatic heterocycles. The molecular formula is C12H14O3. The van der Waals surface area contributed by atoms with Gasteiger partial charge in [-0.15, -0.1) is 0 Å².